The van der Waals surface area contributed by atoms with Crippen molar-refractivity contribution in [1.82, 2.24) is 14.7 Å². The van der Waals surface area contributed by atoms with Crippen molar-refractivity contribution in [3.63, 3.8) is 0 Å². The third-order valence-electron chi connectivity index (χ3n) is 4.44. The molecule has 3 aromatic rings. The number of hydrogen-bond donors (Lipinski definition) is 1. The Hall–Kier alpha value is -3.15. The van der Waals surface area contributed by atoms with Crippen LogP contribution in [0.5, 0.6) is 5.75 Å². The largest absolute Gasteiger partial charge is 0.508 e. The maximum Gasteiger partial charge on any atom is 0.254 e. The Morgan fingerprint density at radius 2 is 2.04 bits per heavy atom. The van der Waals surface area contributed by atoms with E-state index in [-0.39, 0.29) is 11.7 Å². The molecule has 0 atom stereocenters. The second-order valence-corrected chi connectivity index (χ2v) is 6.05. The van der Waals surface area contributed by atoms with Crippen LogP contribution in [0.15, 0.2) is 54.9 Å². The summed E-state index contributed by atoms with van der Waals surface area (Å²) < 4.78 is 15.8. The van der Waals surface area contributed by atoms with Crippen molar-refractivity contribution in [2.24, 2.45) is 0 Å². The molecular weight excluding hydrogens is 321 g/mol. The molecule has 0 fully saturated rings. The van der Waals surface area contributed by atoms with E-state index in [1.165, 1.54) is 10.7 Å². The average molecular weight is 337 g/mol. The summed E-state index contributed by atoms with van der Waals surface area (Å²) in [4.78, 5) is 14.4. The Kier molecular flexibility index (Phi) is 3.72. The van der Waals surface area contributed by atoms with E-state index in [9.17, 15) is 14.3 Å². The lowest BCUT2D eigenvalue weighted by Crippen LogP contribution is -2.36. The van der Waals surface area contributed by atoms with Gasteiger partial charge >= 0.3 is 0 Å². The molecule has 0 bridgehead atoms. The van der Waals surface area contributed by atoms with E-state index in [0.29, 0.717) is 24.3 Å². The predicted molar refractivity (Wildman–Crippen MR) is 90.1 cm³/mol. The van der Waals surface area contributed by atoms with Gasteiger partial charge < -0.3 is 10.0 Å². The highest BCUT2D eigenvalue weighted by Gasteiger charge is 2.23. The molecule has 0 unspecified atom stereocenters. The van der Waals surface area contributed by atoms with Crippen LogP contribution < -0.4 is 0 Å². The maximum absolute atomic E-state index is 14.4. The Labute approximate surface area is 143 Å². The number of nitrogens with zero attached hydrogens (tertiary/aromatic N) is 3. The number of aromatic nitrogens is 2. The van der Waals surface area contributed by atoms with Gasteiger partial charge in [0.1, 0.15) is 17.3 Å². The fourth-order valence-electron chi connectivity index (χ4n) is 3.14. The molecule has 1 N–H and O–H groups in total. The monoisotopic (exact) mass is 337 g/mol. The Morgan fingerprint density at radius 1 is 1.16 bits per heavy atom. The number of phenolic OH excluding ortho intramolecular Hbond substituents is 1. The van der Waals surface area contributed by atoms with Crippen molar-refractivity contribution in [3.05, 3.63) is 77.4 Å². The van der Waals surface area contributed by atoms with Crippen LogP contribution in [0.1, 0.15) is 21.5 Å². The Balaban J connectivity index is 1.58. The summed E-state index contributed by atoms with van der Waals surface area (Å²) in [5, 5.41) is 13.6. The van der Waals surface area contributed by atoms with E-state index >= 15 is 0 Å². The number of benzene rings is 2. The van der Waals surface area contributed by atoms with Crippen LogP contribution in [-0.2, 0) is 13.0 Å². The summed E-state index contributed by atoms with van der Waals surface area (Å²) in [7, 11) is 0. The lowest BCUT2D eigenvalue weighted by atomic mass is 9.99. The molecule has 2 aromatic carbocycles. The number of carbonyl (C=O) groups is 1. The van der Waals surface area contributed by atoms with Crippen molar-refractivity contribution < 1.29 is 14.3 Å². The highest BCUT2D eigenvalue weighted by Crippen LogP contribution is 2.25. The minimum Gasteiger partial charge on any atom is -0.508 e. The van der Waals surface area contributed by atoms with E-state index in [2.05, 4.69) is 5.10 Å². The summed E-state index contributed by atoms with van der Waals surface area (Å²) >= 11 is 0. The van der Waals surface area contributed by atoms with E-state index < -0.39 is 5.82 Å². The molecule has 6 heteroatoms. The SMILES string of the molecule is O=C(c1ccc(-n2cccn2)c(F)c1)N1CCc2ccc(O)cc2C1. The molecule has 0 saturated heterocycles. The lowest BCUT2D eigenvalue weighted by molar-refractivity contribution is 0.0734. The molecule has 1 aliphatic rings. The molecule has 0 radical (unpaired) electrons. The number of rotatable bonds is 2. The highest BCUT2D eigenvalue weighted by atomic mass is 19.1. The molecule has 1 aromatic heterocycles. The number of fused-ring (bicyclic) bond motifs is 1. The number of amides is 1. The summed E-state index contributed by atoms with van der Waals surface area (Å²) in [5.74, 6) is -0.535. The normalized spacial score (nSPS) is 13.6. The molecule has 0 aliphatic carbocycles. The van der Waals surface area contributed by atoms with E-state index in [0.717, 1.165) is 17.5 Å². The van der Waals surface area contributed by atoms with Crippen LogP contribution in [-0.4, -0.2) is 32.2 Å². The molecular formula is C19H16FN3O2. The number of phenols is 1. The van der Waals surface area contributed by atoms with Gasteiger partial charge in [-0.25, -0.2) is 9.07 Å². The Morgan fingerprint density at radius 3 is 2.80 bits per heavy atom. The van der Waals surface area contributed by atoms with Gasteiger partial charge in [0.2, 0.25) is 0 Å². The first-order valence-corrected chi connectivity index (χ1v) is 8.01. The fraction of sp³-hybridized carbons (Fsp3) is 0.158. The van der Waals surface area contributed by atoms with Crippen molar-refractivity contribution in [1.29, 1.82) is 0 Å². The highest BCUT2D eigenvalue weighted by molar-refractivity contribution is 5.94. The molecule has 5 nitrogen and oxygen atoms in total. The summed E-state index contributed by atoms with van der Waals surface area (Å²) in [6.07, 6.45) is 3.93. The predicted octanol–water partition coefficient (Wildman–Crippen LogP) is 2.92. The molecule has 2 heterocycles. The molecule has 0 spiro atoms. The van der Waals surface area contributed by atoms with Gasteiger partial charge in [-0.15, -0.1) is 0 Å². The molecule has 126 valence electrons. The van der Waals surface area contributed by atoms with Crippen LogP contribution in [0.2, 0.25) is 0 Å². The molecule has 25 heavy (non-hydrogen) atoms. The quantitative estimate of drug-likeness (QED) is 0.782. The summed E-state index contributed by atoms with van der Waals surface area (Å²) in [6.45, 7) is 0.976. The van der Waals surface area contributed by atoms with Gasteiger partial charge in [0.25, 0.3) is 5.91 Å². The summed E-state index contributed by atoms with van der Waals surface area (Å²) in [5.41, 5.74) is 2.66. The topological polar surface area (TPSA) is 58.4 Å². The van der Waals surface area contributed by atoms with Gasteiger partial charge in [-0.1, -0.05) is 6.07 Å². The van der Waals surface area contributed by atoms with Crippen molar-refractivity contribution in [3.8, 4) is 11.4 Å². The zero-order chi connectivity index (χ0) is 17.4. The van der Waals surface area contributed by atoms with Gasteiger partial charge in [-0.05, 0) is 53.9 Å². The fourth-order valence-corrected chi connectivity index (χ4v) is 3.14. The van der Waals surface area contributed by atoms with Gasteiger partial charge in [0.05, 0.1) is 0 Å². The minimum absolute atomic E-state index is 0.183. The molecule has 0 saturated carbocycles. The first kappa shape index (κ1) is 15.4. The summed E-state index contributed by atoms with van der Waals surface area (Å²) in [6, 6.07) is 11.3. The van der Waals surface area contributed by atoms with Crippen molar-refractivity contribution >= 4 is 5.91 Å². The van der Waals surface area contributed by atoms with E-state index in [1.807, 2.05) is 6.07 Å². The number of halogens is 1. The van der Waals surface area contributed by atoms with Crippen molar-refractivity contribution in [2.75, 3.05) is 6.54 Å². The second kappa shape index (κ2) is 6.05. The smallest absolute Gasteiger partial charge is 0.254 e. The minimum atomic E-state index is -0.496. The van der Waals surface area contributed by atoms with Crippen LogP contribution in [0, 0.1) is 5.82 Å². The van der Waals surface area contributed by atoms with Crippen LogP contribution in [0.4, 0.5) is 4.39 Å². The van der Waals surface area contributed by atoms with Gasteiger partial charge in [-0.2, -0.15) is 5.10 Å². The molecule has 4 rings (SSSR count). The van der Waals surface area contributed by atoms with Gasteiger partial charge in [0.15, 0.2) is 0 Å². The third-order valence-corrected chi connectivity index (χ3v) is 4.44. The Bertz CT molecular complexity index is 938. The maximum atomic E-state index is 14.4. The molecule has 1 amide bonds. The van der Waals surface area contributed by atoms with Gasteiger partial charge in [-0.3, -0.25) is 4.79 Å². The molecule has 1 aliphatic heterocycles. The second-order valence-electron chi connectivity index (χ2n) is 6.05. The van der Waals surface area contributed by atoms with Gasteiger partial charge in [0, 0.05) is 31.0 Å². The average Bonchev–Trinajstić information content (AvgIpc) is 3.14. The van der Waals surface area contributed by atoms with Crippen molar-refractivity contribution in [2.45, 2.75) is 13.0 Å². The standard InChI is InChI=1S/C19H16FN3O2/c20-17-11-14(3-5-18(17)23-8-1-7-21-23)19(25)22-9-6-13-2-4-16(24)10-15(13)12-22/h1-5,7-8,10-11,24H,6,9,12H2. The van der Waals surface area contributed by atoms with E-state index in [1.54, 1.807) is 47.6 Å². The number of aromatic hydroxyl groups is 1. The first-order chi connectivity index (χ1) is 12.1. The zero-order valence-corrected chi connectivity index (χ0v) is 13.4. The third kappa shape index (κ3) is 2.87. The number of hydrogen-bond acceptors (Lipinski definition) is 3. The van der Waals surface area contributed by atoms with E-state index in [4.69, 9.17) is 0 Å². The number of carbonyl (C=O) groups excluding carboxylic acids is 1. The van der Waals surface area contributed by atoms with Crippen LogP contribution in [0.3, 0.4) is 0 Å². The lowest BCUT2D eigenvalue weighted by Gasteiger charge is -2.29. The zero-order valence-electron chi connectivity index (χ0n) is 13.4. The van der Waals surface area contributed by atoms with Crippen LogP contribution in [0.25, 0.3) is 5.69 Å². The first-order valence-electron chi connectivity index (χ1n) is 8.01. The van der Waals surface area contributed by atoms with Crippen LogP contribution >= 0.6 is 0 Å².